The van der Waals surface area contributed by atoms with Crippen LogP contribution in [0.3, 0.4) is 0 Å². The van der Waals surface area contributed by atoms with Crippen LogP contribution in [0.2, 0.25) is 0 Å². The van der Waals surface area contributed by atoms with E-state index in [0.29, 0.717) is 16.2 Å². The minimum atomic E-state index is -0.146. The highest BCUT2D eigenvalue weighted by Crippen LogP contribution is 2.24. The molecule has 7 heteroatoms. The zero-order valence-corrected chi connectivity index (χ0v) is 17.6. The van der Waals surface area contributed by atoms with Gasteiger partial charge in [-0.15, -0.1) is 0 Å². The van der Waals surface area contributed by atoms with Gasteiger partial charge < -0.3 is 10.3 Å². The van der Waals surface area contributed by atoms with Crippen LogP contribution < -0.4 is 10.9 Å². The van der Waals surface area contributed by atoms with Gasteiger partial charge in [0.2, 0.25) is 5.91 Å². The van der Waals surface area contributed by atoms with Crippen molar-refractivity contribution in [2.75, 3.05) is 5.75 Å². The van der Waals surface area contributed by atoms with Crippen molar-refractivity contribution >= 4 is 28.7 Å². The molecule has 4 rings (SSSR count). The van der Waals surface area contributed by atoms with Gasteiger partial charge in [-0.3, -0.25) is 14.2 Å². The molecule has 2 heterocycles. The van der Waals surface area contributed by atoms with Gasteiger partial charge in [-0.05, 0) is 44.4 Å². The Kier molecular flexibility index (Phi) is 5.76. The Bertz CT molecular complexity index is 1080. The first-order chi connectivity index (χ1) is 14.0. The lowest BCUT2D eigenvalue weighted by molar-refractivity contribution is -0.119. The van der Waals surface area contributed by atoms with Crippen LogP contribution >= 0.6 is 11.8 Å². The van der Waals surface area contributed by atoms with Crippen LogP contribution in [0.1, 0.15) is 43.4 Å². The SMILES string of the molecule is Cc1[nH]c2c(=O)n(-c3ccccc3)c(SCC(=O)NC3CCCCC3)nc2c1C. The lowest BCUT2D eigenvalue weighted by Gasteiger charge is -2.22. The molecule has 0 aliphatic heterocycles. The number of carbonyl (C=O) groups excluding carboxylic acids is 1. The molecule has 2 aromatic heterocycles. The number of carbonyl (C=O) groups is 1. The van der Waals surface area contributed by atoms with E-state index in [0.717, 1.165) is 29.8 Å². The lowest BCUT2D eigenvalue weighted by atomic mass is 9.95. The highest BCUT2D eigenvalue weighted by Gasteiger charge is 2.20. The van der Waals surface area contributed by atoms with Crippen molar-refractivity contribution < 1.29 is 4.79 Å². The number of aromatic amines is 1. The molecule has 1 aromatic carbocycles. The molecule has 1 amide bonds. The fourth-order valence-corrected chi connectivity index (χ4v) is 4.71. The molecule has 1 fully saturated rings. The van der Waals surface area contributed by atoms with Gasteiger partial charge in [-0.1, -0.05) is 49.2 Å². The van der Waals surface area contributed by atoms with Crippen LogP contribution in [-0.4, -0.2) is 32.2 Å². The van der Waals surface area contributed by atoms with Crippen LogP contribution in [0.4, 0.5) is 0 Å². The largest absolute Gasteiger partial charge is 0.353 e. The first-order valence-corrected chi connectivity index (χ1v) is 11.1. The van der Waals surface area contributed by atoms with E-state index in [-0.39, 0.29) is 23.3 Å². The quantitative estimate of drug-likeness (QED) is 0.494. The average molecular weight is 411 g/mol. The predicted octanol–water partition coefficient (Wildman–Crippen LogP) is 3.87. The lowest BCUT2D eigenvalue weighted by Crippen LogP contribution is -2.37. The van der Waals surface area contributed by atoms with Crippen molar-refractivity contribution in [2.24, 2.45) is 0 Å². The number of hydrogen-bond acceptors (Lipinski definition) is 4. The zero-order chi connectivity index (χ0) is 20.4. The number of nitrogens with zero attached hydrogens (tertiary/aromatic N) is 2. The molecule has 0 saturated heterocycles. The second-order valence-electron chi connectivity index (χ2n) is 7.66. The number of thioether (sulfide) groups is 1. The second kappa shape index (κ2) is 8.45. The molecule has 1 aliphatic carbocycles. The summed E-state index contributed by atoms with van der Waals surface area (Å²) in [4.78, 5) is 33.7. The third-order valence-corrected chi connectivity index (χ3v) is 6.54. The number of hydrogen-bond donors (Lipinski definition) is 2. The fraction of sp³-hybridized carbons (Fsp3) is 0.409. The molecular formula is C22H26N4O2S. The van der Waals surface area contributed by atoms with Crippen LogP contribution in [0, 0.1) is 13.8 Å². The predicted molar refractivity (Wildman–Crippen MR) is 117 cm³/mol. The molecule has 152 valence electrons. The molecule has 3 aromatic rings. The van der Waals surface area contributed by atoms with Crippen LogP contribution in [-0.2, 0) is 4.79 Å². The van der Waals surface area contributed by atoms with E-state index >= 15 is 0 Å². The molecule has 6 nitrogen and oxygen atoms in total. The number of para-hydroxylation sites is 1. The zero-order valence-electron chi connectivity index (χ0n) is 16.8. The Morgan fingerprint density at radius 2 is 1.93 bits per heavy atom. The minimum Gasteiger partial charge on any atom is -0.353 e. The number of fused-ring (bicyclic) bond motifs is 1. The van der Waals surface area contributed by atoms with E-state index in [1.54, 1.807) is 4.57 Å². The molecule has 1 aliphatic rings. The van der Waals surface area contributed by atoms with E-state index in [2.05, 4.69) is 10.3 Å². The summed E-state index contributed by atoms with van der Waals surface area (Å²) >= 11 is 1.31. The molecule has 0 unspecified atom stereocenters. The van der Waals surface area contributed by atoms with Crippen molar-refractivity contribution in [3.05, 3.63) is 51.9 Å². The van der Waals surface area contributed by atoms with Gasteiger partial charge in [-0.2, -0.15) is 0 Å². The van der Waals surface area contributed by atoms with Crippen LogP contribution in [0.5, 0.6) is 0 Å². The molecule has 0 bridgehead atoms. The van der Waals surface area contributed by atoms with Gasteiger partial charge in [0, 0.05) is 11.7 Å². The number of rotatable bonds is 5. The molecule has 0 radical (unpaired) electrons. The number of aryl methyl sites for hydroxylation is 2. The van der Waals surface area contributed by atoms with Crippen LogP contribution in [0.25, 0.3) is 16.7 Å². The Hall–Kier alpha value is -2.54. The fourth-order valence-electron chi connectivity index (χ4n) is 3.89. The van der Waals surface area contributed by atoms with E-state index in [1.165, 1.54) is 31.0 Å². The Labute approximate surface area is 174 Å². The maximum Gasteiger partial charge on any atom is 0.283 e. The van der Waals surface area contributed by atoms with Gasteiger partial charge in [0.05, 0.1) is 17.0 Å². The summed E-state index contributed by atoms with van der Waals surface area (Å²) in [5, 5.41) is 3.67. The maximum absolute atomic E-state index is 13.3. The number of amides is 1. The summed E-state index contributed by atoms with van der Waals surface area (Å²) in [6.45, 7) is 3.89. The number of nitrogens with one attached hydrogen (secondary N) is 2. The number of H-pyrrole nitrogens is 1. The topological polar surface area (TPSA) is 79.8 Å². The first kappa shape index (κ1) is 19.8. The third-order valence-electron chi connectivity index (χ3n) is 5.60. The summed E-state index contributed by atoms with van der Waals surface area (Å²) in [6, 6.07) is 9.72. The maximum atomic E-state index is 13.3. The van der Waals surface area contributed by atoms with E-state index in [4.69, 9.17) is 4.98 Å². The van der Waals surface area contributed by atoms with Crippen LogP contribution in [0.15, 0.2) is 40.3 Å². The summed E-state index contributed by atoms with van der Waals surface area (Å²) < 4.78 is 1.59. The van der Waals surface area contributed by atoms with Crippen molar-refractivity contribution in [3.63, 3.8) is 0 Å². The third kappa shape index (κ3) is 4.10. The first-order valence-electron chi connectivity index (χ1n) is 10.1. The van der Waals surface area contributed by atoms with E-state index in [1.807, 2.05) is 44.2 Å². The minimum absolute atomic E-state index is 0.00201. The number of aromatic nitrogens is 3. The molecule has 29 heavy (non-hydrogen) atoms. The molecule has 2 N–H and O–H groups in total. The molecule has 0 spiro atoms. The van der Waals surface area contributed by atoms with Crippen molar-refractivity contribution in [1.82, 2.24) is 19.9 Å². The second-order valence-corrected chi connectivity index (χ2v) is 8.60. The normalized spacial score (nSPS) is 15.0. The average Bonchev–Trinajstić information content (AvgIpc) is 3.02. The molecule has 1 saturated carbocycles. The molecule has 0 atom stereocenters. The van der Waals surface area contributed by atoms with Gasteiger partial charge >= 0.3 is 0 Å². The van der Waals surface area contributed by atoms with Gasteiger partial charge in [-0.25, -0.2) is 4.98 Å². The Morgan fingerprint density at radius 1 is 1.21 bits per heavy atom. The highest BCUT2D eigenvalue weighted by atomic mass is 32.2. The van der Waals surface area contributed by atoms with Gasteiger partial charge in [0.25, 0.3) is 5.56 Å². The van der Waals surface area contributed by atoms with E-state index in [9.17, 15) is 9.59 Å². The highest BCUT2D eigenvalue weighted by molar-refractivity contribution is 7.99. The van der Waals surface area contributed by atoms with Gasteiger partial charge in [0.15, 0.2) is 5.16 Å². The van der Waals surface area contributed by atoms with Crippen molar-refractivity contribution in [2.45, 2.75) is 57.1 Å². The van der Waals surface area contributed by atoms with Crippen molar-refractivity contribution in [1.29, 1.82) is 0 Å². The summed E-state index contributed by atoms with van der Waals surface area (Å²) in [6.07, 6.45) is 5.71. The number of benzene rings is 1. The summed E-state index contributed by atoms with van der Waals surface area (Å²) in [7, 11) is 0. The summed E-state index contributed by atoms with van der Waals surface area (Å²) in [5.74, 6) is 0.238. The van der Waals surface area contributed by atoms with Crippen molar-refractivity contribution in [3.8, 4) is 5.69 Å². The Morgan fingerprint density at radius 3 is 2.66 bits per heavy atom. The van der Waals surface area contributed by atoms with E-state index < -0.39 is 0 Å². The Balaban J connectivity index is 1.65. The standard InChI is InChI=1S/C22H26N4O2S/c1-14-15(2)23-20-19(14)25-22(26(21(20)28)17-11-7-4-8-12-17)29-13-18(27)24-16-9-5-3-6-10-16/h4,7-8,11-12,16,23H,3,5-6,9-10,13H2,1-2H3,(H,24,27). The molecular weight excluding hydrogens is 384 g/mol. The van der Waals surface area contributed by atoms with Gasteiger partial charge in [0.1, 0.15) is 5.52 Å². The summed E-state index contributed by atoms with van der Waals surface area (Å²) in [5.41, 5.74) is 3.67. The smallest absolute Gasteiger partial charge is 0.283 e. The monoisotopic (exact) mass is 410 g/mol.